The molecule has 1 fully saturated rings. The van der Waals surface area contributed by atoms with Crippen LogP contribution in [0.5, 0.6) is 0 Å². The zero-order valence-electron chi connectivity index (χ0n) is 9.69. The van der Waals surface area contributed by atoms with Crippen LogP contribution in [0.2, 0.25) is 0 Å². The number of hydrogen-bond donors (Lipinski definition) is 4. The van der Waals surface area contributed by atoms with Gasteiger partial charge in [-0.15, -0.1) is 0 Å². The molecule has 0 bridgehead atoms. The molecule has 0 saturated carbocycles. The van der Waals surface area contributed by atoms with Crippen molar-refractivity contribution in [3.05, 3.63) is 33.1 Å². The summed E-state index contributed by atoms with van der Waals surface area (Å²) in [5, 5.41) is 27.7. The summed E-state index contributed by atoms with van der Waals surface area (Å²) in [6.07, 6.45) is -3.73. The second-order valence-electron chi connectivity index (χ2n) is 4.26. The average Bonchev–Trinajstić information content (AvgIpc) is 2.63. The number of nitrogens with zero attached hydrogens (tertiary/aromatic N) is 1. The topological polar surface area (TPSA) is 125 Å². The molecule has 0 spiro atoms. The molecule has 9 heteroatoms. The van der Waals surface area contributed by atoms with Crippen LogP contribution >= 0.6 is 0 Å². The fourth-order valence-electron chi connectivity index (χ4n) is 2.03. The molecule has 2 heterocycles. The number of rotatable bonds is 3. The van der Waals surface area contributed by atoms with E-state index in [1.54, 1.807) is 0 Å². The first-order chi connectivity index (χ1) is 8.93. The standard InChI is InChI=1S/C10H13FN2O6/c11-10(4-15)7(17)5(3-14)19-8(10)13-2-1-6(16)12-9(13)18/h1-2,5,7-8,14-15,17H,3-4H2,(H,12,16,18)/t5-,7-,8-,10-/m1/s1. The lowest BCUT2D eigenvalue weighted by molar-refractivity contribution is -0.0852. The molecule has 1 aliphatic heterocycles. The second kappa shape index (κ2) is 4.85. The molecular formula is C10H13FN2O6. The van der Waals surface area contributed by atoms with Crippen LogP contribution < -0.4 is 11.2 Å². The summed E-state index contributed by atoms with van der Waals surface area (Å²) in [6, 6.07) is 0.973. The number of aromatic amines is 1. The van der Waals surface area contributed by atoms with Crippen molar-refractivity contribution in [2.75, 3.05) is 13.2 Å². The van der Waals surface area contributed by atoms with E-state index in [1.165, 1.54) is 0 Å². The Hall–Kier alpha value is -1.55. The Kier molecular flexibility index (Phi) is 3.54. The molecule has 4 N–H and O–H groups in total. The zero-order chi connectivity index (χ0) is 14.2. The van der Waals surface area contributed by atoms with Crippen LogP contribution in [0.3, 0.4) is 0 Å². The van der Waals surface area contributed by atoms with Gasteiger partial charge in [0.1, 0.15) is 12.2 Å². The molecule has 1 aromatic heterocycles. The first kappa shape index (κ1) is 13.9. The van der Waals surface area contributed by atoms with Gasteiger partial charge in [0.05, 0.1) is 13.2 Å². The minimum atomic E-state index is -2.66. The molecule has 0 aliphatic carbocycles. The average molecular weight is 276 g/mol. The van der Waals surface area contributed by atoms with Crippen molar-refractivity contribution in [2.24, 2.45) is 0 Å². The molecule has 8 nitrogen and oxygen atoms in total. The van der Waals surface area contributed by atoms with E-state index in [0.717, 1.165) is 12.3 Å². The van der Waals surface area contributed by atoms with Crippen molar-refractivity contribution < 1.29 is 24.4 Å². The third kappa shape index (κ3) is 2.10. The number of hydrogen-bond acceptors (Lipinski definition) is 6. The summed E-state index contributed by atoms with van der Waals surface area (Å²) in [6.45, 7) is -1.79. The highest BCUT2D eigenvalue weighted by molar-refractivity contribution is 5.03. The van der Waals surface area contributed by atoms with E-state index in [9.17, 15) is 19.1 Å². The smallest absolute Gasteiger partial charge is 0.330 e. The van der Waals surface area contributed by atoms with Crippen LogP contribution in [0.4, 0.5) is 4.39 Å². The summed E-state index contributed by atoms with van der Waals surface area (Å²) in [7, 11) is 0. The maximum Gasteiger partial charge on any atom is 0.330 e. The van der Waals surface area contributed by atoms with E-state index in [0.29, 0.717) is 4.57 Å². The Balaban J connectivity index is 2.48. The molecule has 19 heavy (non-hydrogen) atoms. The van der Waals surface area contributed by atoms with Gasteiger partial charge in [-0.05, 0) is 0 Å². The van der Waals surface area contributed by atoms with Crippen molar-refractivity contribution in [3.63, 3.8) is 0 Å². The van der Waals surface area contributed by atoms with Gasteiger partial charge in [-0.1, -0.05) is 0 Å². The Morgan fingerprint density at radius 3 is 2.68 bits per heavy atom. The highest BCUT2D eigenvalue weighted by atomic mass is 19.1. The van der Waals surface area contributed by atoms with Gasteiger partial charge >= 0.3 is 5.69 Å². The third-order valence-electron chi connectivity index (χ3n) is 3.08. The highest BCUT2D eigenvalue weighted by Crippen LogP contribution is 2.40. The normalized spacial score (nSPS) is 34.6. The van der Waals surface area contributed by atoms with E-state index >= 15 is 0 Å². The fraction of sp³-hybridized carbons (Fsp3) is 0.600. The van der Waals surface area contributed by atoms with E-state index in [1.807, 2.05) is 4.98 Å². The van der Waals surface area contributed by atoms with E-state index < -0.39 is 48.6 Å². The molecule has 0 unspecified atom stereocenters. The lowest BCUT2D eigenvalue weighted by Gasteiger charge is -2.26. The first-order valence-electron chi connectivity index (χ1n) is 5.49. The van der Waals surface area contributed by atoms with Gasteiger partial charge in [-0.3, -0.25) is 14.3 Å². The molecule has 1 aromatic rings. The van der Waals surface area contributed by atoms with Gasteiger partial charge < -0.3 is 20.1 Å². The largest absolute Gasteiger partial charge is 0.394 e. The molecule has 2 rings (SSSR count). The molecular weight excluding hydrogens is 263 g/mol. The SMILES string of the molecule is O=c1ccn([C@@H]2O[C@H](CO)[C@@H](O)[C@]2(F)CO)c(=O)[nH]1. The van der Waals surface area contributed by atoms with Crippen LogP contribution in [0.15, 0.2) is 21.9 Å². The van der Waals surface area contributed by atoms with E-state index in [4.69, 9.17) is 14.9 Å². The molecule has 0 radical (unpaired) electrons. The number of aromatic nitrogens is 2. The lowest BCUT2D eigenvalue weighted by Crippen LogP contribution is -2.48. The lowest BCUT2D eigenvalue weighted by atomic mass is 9.97. The summed E-state index contributed by atoms with van der Waals surface area (Å²) in [4.78, 5) is 24.4. The van der Waals surface area contributed by atoms with Crippen LogP contribution in [-0.4, -0.2) is 56.0 Å². The molecule has 1 aliphatic rings. The van der Waals surface area contributed by atoms with Crippen LogP contribution in [0.25, 0.3) is 0 Å². The number of aliphatic hydroxyl groups is 3. The Morgan fingerprint density at radius 2 is 2.16 bits per heavy atom. The number of halogens is 1. The van der Waals surface area contributed by atoms with Crippen LogP contribution in [-0.2, 0) is 4.74 Å². The molecule has 106 valence electrons. The number of aliphatic hydroxyl groups excluding tert-OH is 3. The van der Waals surface area contributed by atoms with Gasteiger partial charge in [0.2, 0.25) is 5.67 Å². The van der Waals surface area contributed by atoms with Gasteiger partial charge in [0.25, 0.3) is 5.56 Å². The number of nitrogens with one attached hydrogen (secondary N) is 1. The first-order valence-corrected chi connectivity index (χ1v) is 5.49. The van der Waals surface area contributed by atoms with Crippen molar-refractivity contribution >= 4 is 0 Å². The molecule has 0 aromatic carbocycles. The summed E-state index contributed by atoms with van der Waals surface area (Å²) < 4.78 is 20.3. The predicted octanol–water partition coefficient (Wildman–Crippen LogP) is -2.51. The van der Waals surface area contributed by atoms with Crippen molar-refractivity contribution in [3.8, 4) is 0 Å². The monoisotopic (exact) mass is 276 g/mol. The van der Waals surface area contributed by atoms with Crippen LogP contribution in [0, 0.1) is 0 Å². The number of ether oxygens (including phenoxy) is 1. The fourth-order valence-corrected chi connectivity index (χ4v) is 2.03. The maximum absolute atomic E-state index is 14.5. The van der Waals surface area contributed by atoms with Crippen LogP contribution in [0.1, 0.15) is 6.23 Å². The highest BCUT2D eigenvalue weighted by Gasteiger charge is 2.58. The van der Waals surface area contributed by atoms with E-state index in [2.05, 4.69) is 0 Å². The quantitative estimate of drug-likeness (QED) is 0.483. The summed E-state index contributed by atoms with van der Waals surface area (Å²) >= 11 is 0. The minimum absolute atomic E-state index is 0.674. The molecule has 4 atom stereocenters. The van der Waals surface area contributed by atoms with Gasteiger partial charge in [0.15, 0.2) is 6.23 Å². The Morgan fingerprint density at radius 1 is 1.47 bits per heavy atom. The predicted molar refractivity (Wildman–Crippen MR) is 59.3 cm³/mol. The molecule has 0 amide bonds. The zero-order valence-corrected chi connectivity index (χ0v) is 9.69. The minimum Gasteiger partial charge on any atom is -0.394 e. The van der Waals surface area contributed by atoms with Crippen molar-refractivity contribution in [1.82, 2.24) is 9.55 Å². The Bertz CT molecular complexity index is 572. The summed E-state index contributed by atoms with van der Waals surface area (Å²) in [5.74, 6) is 0. The van der Waals surface area contributed by atoms with E-state index in [-0.39, 0.29) is 0 Å². The summed E-state index contributed by atoms with van der Waals surface area (Å²) in [5.41, 5.74) is -4.28. The number of H-pyrrole nitrogens is 1. The Labute approximate surface area is 105 Å². The van der Waals surface area contributed by atoms with Gasteiger partial charge in [0, 0.05) is 12.3 Å². The van der Waals surface area contributed by atoms with Gasteiger partial charge in [-0.25, -0.2) is 9.18 Å². The maximum atomic E-state index is 14.5. The van der Waals surface area contributed by atoms with Crippen molar-refractivity contribution in [2.45, 2.75) is 24.1 Å². The molecule has 1 saturated heterocycles. The van der Waals surface area contributed by atoms with Crippen molar-refractivity contribution in [1.29, 1.82) is 0 Å². The number of alkyl halides is 1. The third-order valence-corrected chi connectivity index (χ3v) is 3.08. The second-order valence-corrected chi connectivity index (χ2v) is 4.26. The van der Waals surface area contributed by atoms with Gasteiger partial charge in [-0.2, -0.15) is 0 Å².